The molecule has 35 heavy (non-hydrogen) atoms. The van der Waals surface area contributed by atoms with Crippen molar-refractivity contribution in [3.8, 4) is 22.1 Å². The number of carbonyl (C=O) groups is 1. The minimum absolute atomic E-state index is 0.0748. The van der Waals surface area contributed by atoms with Crippen molar-refractivity contribution in [2.75, 3.05) is 12.4 Å². The molecule has 0 bridgehead atoms. The monoisotopic (exact) mass is 506 g/mol. The first kappa shape index (κ1) is 25.0. The van der Waals surface area contributed by atoms with Gasteiger partial charge in [0.15, 0.2) is 11.0 Å². The maximum Gasteiger partial charge on any atom is 0.237 e. The third kappa shape index (κ3) is 5.44. The van der Waals surface area contributed by atoms with E-state index in [2.05, 4.69) is 41.5 Å². The first-order valence-electron chi connectivity index (χ1n) is 11.6. The lowest BCUT2D eigenvalue weighted by atomic mass is 9.97. The van der Waals surface area contributed by atoms with Gasteiger partial charge in [-0.1, -0.05) is 55.9 Å². The van der Waals surface area contributed by atoms with Gasteiger partial charge in [-0.15, -0.1) is 21.5 Å². The summed E-state index contributed by atoms with van der Waals surface area (Å²) in [6.45, 7) is 8.26. The first-order valence-corrected chi connectivity index (χ1v) is 13.4. The highest BCUT2D eigenvalue weighted by atomic mass is 32.2. The lowest BCUT2D eigenvalue weighted by molar-refractivity contribution is -0.115. The summed E-state index contributed by atoms with van der Waals surface area (Å²) in [5, 5.41) is 14.4. The van der Waals surface area contributed by atoms with Crippen molar-refractivity contribution in [2.24, 2.45) is 0 Å². The van der Waals surface area contributed by atoms with E-state index in [1.807, 2.05) is 66.3 Å². The number of ether oxygens (including phenoxy) is 1. The second-order valence-electron chi connectivity index (χ2n) is 8.44. The lowest BCUT2D eigenvalue weighted by Crippen LogP contribution is -2.23. The van der Waals surface area contributed by atoms with E-state index >= 15 is 0 Å². The SMILES string of the molecule is CC[C@H](C)c1ccccc1NC(=O)[C@H](C)Sc1nnc(-c2cccs2)n1-c1cc(C)ccc1OC. The van der Waals surface area contributed by atoms with E-state index in [-0.39, 0.29) is 5.91 Å². The maximum absolute atomic E-state index is 13.2. The average molecular weight is 507 g/mol. The number of carbonyl (C=O) groups excluding carboxylic acids is 1. The molecule has 2 heterocycles. The molecule has 2 aromatic carbocycles. The summed E-state index contributed by atoms with van der Waals surface area (Å²) in [5.74, 6) is 1.73. The minimum atomic E-state index is -0.394. The fourth-order valence-corrected chi connectivity index (χ4v) is 5.37. The van der Waals surface area contributed by atoms with Crippen LogP contribution in [0.5, 0.6) is 5.75 Å². The largest absolute Gasteiger partial charge is 0.495 e. The Labute approximate surface area is 214 Å². The Balaban J connectivity index is 1.67. The van der Waals surface area contributed by atoms with Gasteiger partial charge < -0.3 is 10.1 Å². The van der Waals surface area contributed by atoms with Crippen LogP contribution in [0.15, 0.2) is 65.1 Å². The lowest BCUT2D eigenvalue weighted by Gasteiger charge is -2.18. The molecule has 0 aliphatic carbocycles. The molecule has 4 rings (SSSR count). The van der Waals surface area contributed by atoms with E-state index in [1.54, 1.807) is 18.4 Å². The predicted molar refractivity (Wildman–Crippen MR) is 145 cm³/mol. The first-order chi connectivity index (χ1) is 16.9. The number of nitrogens with zero attached hydrogens (tertiary/aromatic N) is 3. The fourth-order valence-electron chi connectivity index (χ4n) is 3.81. The van der Waals surface area contributed by atoms with Crippen molar-refractivity contribution < 1.29 is 9.53 Å². The molecule has 0 aliphatic heterocycles. The van der Waals surface area contributed by atoms with Gasteiger partial charge in [0.25, 0.3) is 0 Å². The summed E-state index contributed by atoms with van der Waals surface area (Å²) < 4.78 is 7.65. The molecule has 0 spiro atoms. The number of thioether (sulfide) groups is 1. The van der Waals surface area contributed by atoms with Gasteiger partial charge in [-0.2, -0.15) is 0 Å². The van der Waals surface area contributed by atoms with Crippen LogP contribution in [0.3, 0.4) is 0 Å². The number of rotatable bonds is 9. The summed E-state index contributed by atoms with van der Waals surface area (Å²) in [6, 6.07) is 18.0. The Kier molecular flexibility index (Phi) is 7.93. The number of para-hydroxylation sites is 1. The van der Waals surface area contributed by atoms with Crippen LogP contribution in [-0.2, 0) is 4.79 Å². The molecule has 0 aliphatic rings. The molecule has 0 unspecified atom stereocenters. The normalized spacial score (nSPS) is 12.8. The zero-order chi connectivity index (χ0) is 24.9. The van der Waals surface area contributed by atoms with Gasteiger partial charge in [0.1, 0.15) is 5.75 Å². The van der Waals surface area contributed by atoms with Gasteiger partial charge in [0.2, 0.25) is 5.91 Å². The summed E-state index contributed by atoms with van der Waals surface area (Å²) in [6.07, 6.45) is 1.00. The molecule has 0 fully saturated rings. The number of methoxy groups -OCH3 is 1. The van der Waals surface area contributed by atoms with Crippen LogP contribution in [0.1, 0.15) is 44.2 Å². The van der Waals surface area contributed by atoms with Crippen molar-refractivity contribution in [3.05, 3.63) is 71.1 Å². The van der Waals surface area contributed by atoms with Crippen molar-refractivity contribution in [2.45, 2.75) is 50.4 Å². The number of thiophene rings is 1. The van der Waals surface area contributed by atoms with Crippen molar-refractivity contribution in [3.63, 3.8) is 0 Å². The third-order valence-corrected chi connectivity index (χ3v) is 7.87. The summed E-state index contributed by atoms with van der Waals surface area (Å²) in [5.41, 5.74) is 3.95. The Morgan fingerprint density at radius 1 is 1.14 bits per heavy atom. The van der Waals surface area contributed by atoms with Gasteiger partial charge in [0.05, 0.1) is 22.9 Å². The number of anilines is 1. The molecule has 0 saturated heterocycles. The van der Waals surface area contributed by atoms with Gasteiger partial charge in [-0.25, -0.2) is 0 Å². The molecule has 2 atom stereocenters. The van der Waals surface area contributed by atoms with Crippen molar-refractivity contribution in [1.82, 2.24) is 14.8 Å². The van der Waals surface area contributed by atoms with Crippen LogP contribution in [-0.4, -0.2) is 33.0 Å². The number of aryl methyl sites for hydroxylation is 1. The van der Waals surface area contributed by atoms with Crippen LogP contribution in [0.4, 0.5) is 5.69 Å². The van der Waals surface area contributed by atoms with Gasteiger partial charge in [-0.05, 0) is 67.0 Å². The number of aromatic nitrogens is 3. The summed E-state index contributed by atoms with van der Waals surface area (Å²) >= 11 is 2.98. The van der Waals surface area contributed by atoms with Gasteiger partial charge in [0, 0.05) is 5.69 Å². The van der Waals surface area contributed by atoms with E-state index in [9.17, 15) is 4.79 Å². The average Bonchev–Trinajstić information content (AvgIpc) is 3.54. The molecule has 2 aromatic heterocycles. The highest BCUT2D eigenvalue weighted by Crippen LogP contribution is 2.36. The van der Waals surface area contributed by atoms with Gasteiger partial charge >= 0.3 is 0 Å². The third-order valence-electron chi connectivity index (χ3n) is 5.96. The molecule has 182 valence electrons. The Morgan fingerprint density at radius 3 is 2.66 bits per heavy atom. The van der Waals surface area contributed by atoms with Crippen LogP contribution < -0.4 is 10.1 Å². The second kappa shape index (κ2) is 11.1. The molecule has 6 nitrogen and oxygen atoms in total. The Hall–Kier alpha value is -3.10. The number of hydrogen-bond donors (Lipinski definition) is 1. The van der Waals surface area contributed by atoms with Crippen LogP contribution in [0.25, 0.3) is 16.4 Å². The predicted octanol–water partition coefficient (Wildman–Crippen LogP) is 6.95. The van der Waals surface area contributed by atoms with E-state index in [0.717, 1.165) is 45.4 Å². The van der Waals surface area contributed by atoms with Crippen molar-refractivity contribution >= 4 is 34.7 Å². The maximum atomic E-state index is 13.2. The van der Waals surface area contributed by atoms with Crippen LogP contribution in [0.2, 0.25) is 0 Å². The zero-order valence-corrected chi connectivity index (χ0v) is 22.2. The number of amides is 1. The van der Waals surface area contributed by atoms with Gasteiger partial charge in [-0.3, -0.25) is 9.36 Å². The molecule has 4 aromatic rings. The molecule has 8 heteroatoms. The molecule has 1 N–H and O–H groups in total. The zero-order valence-electron chi connectivity index (χ0n) is 20.6. The molecule has 0 radical (unpaired) electrons. The standard InChI is InChI=1S/C27H30N4O2S2/c1-6-18(3)20-10-7-8-11-21(20)28-26(32)19(4)35-27-30-29-25(24-12-9-15-34-24)31(27)22-16-17(2)13-14-23(22)33-5/h7-16,18-19H,6H2,1-5H3,(H,28,32)/t18-,19-/m0/s1. The quantitative estimate of drug-likeness (QED) is 0.249. The van der Waals surface area contributed by atoms with Crippen molar-refractivity contribution in [1.29, 1.82) is 0 Å². The van der Waals surface area contributed by atoms with Crippen LogP contribution >= 0.6 is 23.1 Å². The number of hydrogen-bond acceptors (Lipinski definition) is 6. The van der Waals surface area contributed by atoms with E-state index in [4.69, 9.17) is 4.74 Å². The number of benzene rings is 2. The molecule has 1 amide bonds. The summed E-state index contributed by atoms with van der Waals surface area (Å²) in [7, 11) is 1.65. The molecular formula is C27H30N4O2S2. The molecular weight excluding hydrogens is 476 g/mol. The molecule has 0 saturated carbocycles. The minimum Gasteiger partial charge on any atom is -0.495 e. The highest BCUT2D eigenvalue weighted by Gasteiger charge is 2.24. The second-order valence-corrected chi connectivity index (χ2v) is 10.7. The topological polar surface area (TPSA) is 69.0 Å². The summed E-state index contributed by atoms with van der Waals surface area (Å²) in [4.78, 5) is 14.2. The smallest absolute Gasteiger partial charge is 0.237 e. The number of nitrogens with one attached hydrogen (secondary N) is 1. The Morgan fingerprint density at radius 2 is 1.94 bits per heavy atom. The van der Waals surface area contributed by atoms with E-state index in [0.29, 0.717) is 11.1 Å². The Bertz CT molecular complexity index is 1300. The van der Waals surface area contributed by atoms with E-state index < -0.39 is 5.25 Å². The highest BCUT2D eigenvalue weighted by molar-refractivity contribution is 8.00. The fraction of sp³-hybridized carbons (Fsp3) is 0.296. The van der Waals surface area contributed by atoms with Crippen LogP contribution in [0, 0.1) is 6.92 Å². The van der Waals surface area contributed by atoms with E-state index in [1.165, 1.54) is 11.8 Å².